The topological polar surface area (TPSA) is 370 Å². The zero-order valence-corrected chi connectivity index (χ0v) is 32.5. The highest BCUT2D eigenvalue weighted by Gasteiger charge is 2.33. The summed E-state index contributed by atoms with van der Waals surface area (Å²) in [5.74, 6) is -8.02. The lowest BCUT2D eigenvalue weighted by atomic mass is 10.0. The molecule has 0 unspecified atom stereocenters. The van der Waals surface area contributed by atoms with Crippen LogP contribution < -0.4 is 43.4 Å². The lowest BCUT2D eigenvalue weighted by Gasteiger charge is -2.26. The number of nitrogens with one attached hydrogen (secondary N) is 7. The fourth-order valence-electron chi connectivity index (χ4n) is 5.55. The van der Waals surface area contributed by atoms with Crippen LogP contribution in [0.5, 0.6) is 5.75 Å². The second kappa shape index (κ2) is 23.5. The number of aromatic hydroxyl groups is 1. The van der Waals surface area contributed by atoms with Crippen molar-refractivity contribution in [1.29, 1.82) is 0 Å². The number of phenols is 1. The zero-order chi connectivity index (χ0) is 44.4. The van der Waals surface area contributed by atoms with E-state index in [1.54, 1.807) is 42.5 Å². The van der Waals surface area contributed by atoms with E-state index in [-0.39, 0.29) is 37.9 Å². The number of carboxylic acids is 1. The number of imidazole rings is 1. The third-order valence-corrected chi connectivity index (χ3v) is 8.93. The van der Waals surface area contributed by atoms with Crippen LogP contribution in [0.25, 0.3) is 0 Å². The van der Waals surface area contributed by atoms with Gasteiger partial charge in [0.05, 0.1) is 25.6 Å². The van der Waals surface area contributed by atoms with Crippen LogP contribution in [0.2, 0.25) is 0 Å². The van der Waals surface area contributed by atoms with Crippen LogP contribution in [0, 0.1) is 0 Å². The average molecular weight is 839 g/mol. The summed E-state index contributed by atoms with van der Waals surface area (Å²) in [7, 11) is 0. The van der Waals surface area contributed by atoms with Crippen LogP contribution in [-0.2, 0) is 57.6 Å². The van der Waals surface area contributed by atoms with Gasteiger partial charge in [-0.2, -0.15) is 0 Å². The summed E-state index contributed by atoms with van der Waals surface area (Å²) in [5.41, 5.74) is 12.9. The number of rotatable bonds is 24. The minimum absolute atomic E-state index is 0.0127. The number of benzene rings is 2. The molecule has 7 atom stereocenters. The molecule has 3 aromatic rings. The molecule has 15 N–H and O–H groups in total. The Morgan fingerprint density at radius 2 is 1.13 bits per heavy atom. The number of carboxylic acid groups (broad SMARTS) is 1. The Morgan fingerprint density at radius 3 is 1.65 bits per heavy atom. The molecule has 1 heterocycles. The van der Waals surface area contributed by atoms with Gasteiger partial charge in [-0.1, -0.05) is 42.5 Å². The monoisotopic (exact) mass is 838 g/mol. The minimum Gasteiger partial charge on any atom is -0.508 e. The number of carbonyl (C=O) groups excluding carboxylic acids is 7. The Bertz CT molecular complexity index is 1930. The number of carbonyl (C=O) groups is 8. The Kier molecular flexibility index (Phi) is 18.6. The molecule has 2 aromatic carbocycles. The van der Waals surface area contributed by atoms with Crippen molar-refractivity contribution < 1.29 is 58.8 Å². The van der Waals surface area contributed by atoms with Crippen molar-refractivity contribution in [1.82, 2.24) is 41.9 Å². The number of hydrogen-bond donors (Lipinski definition) is 13. The third-order valence-electron chi connectivity index (χ3n) is 8.93. The van der Waals surface area contributed by atoms with Gasteiger partial charge in [0, 0.05) is 31.2 Å². The van der Waals surface area contributed by atoms with E-state index in [1.807, 2.05) is 0 Å². The highest BCUT2D eigenvalue weighted by Crippen LogP contribution is 2.12. The first-order valence-electron chi connectivity index (χ1n) is 18.6. The molecule has 324 valence electrons. The van der Waals surface area contributed by atoms with E-state index in [0.717, 1.165) is 0 Å². The molecule has 0 saturated carbocycles. The van der Waals surface area contributed by atoms with Crippen molar-refractivity contribution in [2.75, 3.05) is 13.2 Å². The molecule has 0 spiro atoms. The number of aliphatic hydroxyl groups excluding tert-OH is 2. The molecule has 22 heteroatoms. The number of nitrogens with zero attached hydrogens (tertiary/aromatic N) is 1. The third kappa shape index (κ3) is 15.4. The van der Waals surface area contributed by atoms with E-state index in [0.29, 0.717) is 16.8 Å². The summed E-state index contributed by atoms with van der Waals surface area (Å²) in [5, 5.41) is 53.1. The van der Waals surface area contributed by atoms with Gasteiger partial charge in [-0.15, -0.1) is 0 Å². The van der Waals surface area contributed by atoms with E-state index in [9.17, 15) is 58.8 Å². The van der Waals surface area contributed by atoms with Crippen LogP contribution in [0.1, 0.15) is 36.6 Å². The van der Waals surface area contributed by atoms with Crippen molar-refractivity contribution in [3.8, 4) is 5.75 Å². The fraction of sp³-hybridized carbons (Fsp3) is 0.395. The van der Waals surface area contributed by atoms with Gasteiger partial charge in [0.2, 0.25) is 41.4 Å². The maximum absolute atomic E-state index is 13.6. The molecular weight excluding hydrogens is 788 g/mol. The minimum atomic E-state index is -1.77. The molecule has 22 nitrogen and oxygen atoms in total. The number of primary amides is 1. The number of hydrogen-bond acceptors (Lipinski definition) is 13. The second-order valence-corrected chi connectivity index (χ2v) is 13.7. The lowest BCUT2D eigenvalue weighted by Crippen LogP contribution is -2.61. The number of H-pyrrole nitrogens is 1. The summed E-state index contributed by atoms with van der Waals surface area (Å²) in [4.78, 5) is 110. The first kappa shape index (κ1) is 47.5. The van der Waals surface area contributed by atoms with Gasteiger partial charge in [-0.3, -0.25) is 38.4 Å². The van der Waals surface area contributed by atoms with Gasteiger partial charge >= 0.3 is 5.97 Å². The van der Waals surface area contributed by atoms with Crippen molar-refractivity contribution in [2.45, 2.75) is 81.3 Å². The molecular formula is C38H50N10O12. The number of aliphatic carboxylic acids is 1. The highest BCUT2D eigenvalue weighted by atomic mass is 16.4. The molecule has 0 aliphatic rings. The molecule has 3 rings (SSSR count). The molecule has 0 radical (unpaired) electrons. The van der Waals surface area contributed by atoms with E-state index in [4.69, 9.17) is 11.5 Å². The van der Waals surface area contributed by atoms with Gasteiger partial charge in [0.1, 0.15) is 42.0 Å². The quantitative estimate of drug-likeness (QED) is 0.0407. The number of aliphatic hydroxyl groups is 2. The number of amides is 7. The van der Waals surface area contributed by atoms with E-state index in [1.165, 1.54) is 31.6 Å². The number of aromatic nitrogens is 2. The van der Waals surface area contributed by atoms with Gasteiger partial charge in [-0.25, -0.2) is 4.98 Å². The predicted octanol–water partition coefficient (Wildman–Crippen LogP) is -4.27. The molecule has 0 saturated heterocycles. The molecule has 0 aliphatic carbocycles. The highest BCUT2D eigenvalue weighted by molar-refractivity contribution is 5.97. The van der Waals surface area contributed by atoms with Gasteiger partial charge in [0.15, 0.2) is 0 Å². The molecule has 0 aliphatic heterocycles. The smallest absolute Gasteiger partial charge is 0.325 e. The SMILES string of the molecule is C[C@H](NC(=O)[C@H](CCC(N)=O)NC(=O)[C@H](Cc1ccccc1)NC(=O)[C@H](CO)NC(=O)[C@H](CO)NC(=O)[C@H](Cc1cnc[nH]1)NC(=O)[C@@H](N)Cc1ccc(O)cc1)C(=O)O. The van der Waals surface area contributed by atoms with Crippen LogP contribution in [0.3, 0.4) is 0 Å². The van der Waals surface area contributed by atoms with Gasteiger partial charge < -0.3 is 68.8 Å². The zero-order valence-electron chi connectivity index (χ0n) is 32.5. The average Bonchev–Trinajstić information content (AvgIpc) is 3.73. The van der Waals surface area contributed by atoms with Crippen LogP contribution in [-0.4, -0.2) is 133 Å². The summed E-state index contributed by atoms with van der Waals surface area (Å²) in [6, 6.07) is 3.92. The number of aromatic amines is 1. The largest absolute Gasteiger partial charge is 0.508 e. The fourth-order valence-corrected chi connectivity index (χ4v) is 5.55. The van der Waals surface area contributed by atoms with Crippen LogP contribution in [0.15, 0.2) is 67.1 Å². The summed E-state index contributed by atoms with van der Waals surface area (Å²) < 4.78 is 0. The Balaban J connectivity index is 1.75. The molecule has 7 amide bonds. The van der Waals surface area contributed by atoms with Crippen LogP contribution >= 0.6 is 0 Å². The van der Waals surface area contributed by atoms with Crippen molar-refractivity contribution in [3.63, 3.8) is 0 Å². The van der Waals surface area contributed by atoms with Crippen molar-refractivity contribution >= 4 is 47.3 Å². The molecule has 60 heavy (non-hydrogen) atoms. The second-order valence-electron chi connectivity index (χ2n) is 13.7. The van der Waals surface area contributed by atoms with Crippen LogP contribution in [0.4, 0.5) is 0 Å². The maximum Gasteiger partial charge on any atom is 0.325 e. The predicted molar refractivity (Wildman–Crippen MR) is 210 cm³/mol. The summed E-state index contributed by atoms with van der Waals surface area (Å²) in [6.45, 7) is -0.855. The molecule has 1 aromatic heterocycles. The Morgan fingerprint density at radius 1 is 0.650 bits per heavy atom. The lowest BCUT2D eigenvalue weighted by molar-refractivity contribution is -0.142. The van der Waals surface area contributed by atoms with E-state index >= 15 is 0 Å². The maximum atomic E-state index is 13.6. The summed E-state index contributed by atoms with van der Waals surface area (Å²) >= 11 is 0. The standard InChI is InChI=1S/C38H50N10O12/c1-20(38(59)60)43-33(54)26(11-12-31(40)52)44-34(55)27(14-21-5-3-2-4-6-21)46-36(57)29(17-49)48-37(58)30(18-50)47-35(56)28(15-23-16-41-19-42-23)45-32(53)25(39)13-22-7-9-24(51)10-8-22/h2-10,16,19-20,25-30,49-51H,11-15,17-18,39H2,1H3,(H2,40,52)(H,41,42)(H,43,54)(H,44,55)(H,45,53)(H,46,57)(H,47,56)(H,48,58)(H,59,60)/t20-,25-,26-,27-,28-,29-,30-/m0/s1. The first-order chi connectivity index (χ1) is 28.5. The van der Waals surface area contributed by atoms with Crippen molar-refractivity contribution in [3.05, 3.63) is 83.9 Å². The Labute approximate surface area is 343 Å². The number of phenolic OH excluding ortho intramolecular Hbond substituents is 1. The van der Waals surface area contributed by atoms with Gasteiger partial charge in [0.25, 0.3) is 0 Å². The first-order valence-corrected chi connectivity index (χ1v) is 18.6. The van der Waals surface area contributed by atoms with Crippen molar-refractivity contribution in [2.24, 2.45) is 11.5 Å². The number of nitrogens with two attached hydrogens (primary N) is 2. The molecule has 0 bridgehead atoms. The molecule has 0 fully saturated rings. The van der Waals surface area contributed by atoms with Gasteiger partial charge in [-0.05, 0) is 43.0 Å². The normalized spacial score (nSPS) is 14.4. The summed E-state index contributed by atoms with van der Waals surface area (Å²) in [6.07, 6.45) is 1.74. The van der Waals surface area contributed by atoms with E-state index < -0.39 is 103 Å². The van der Waals surface area contributed by atoms with E-state index in [2.05, 4.69) is 41.9 Å². The Hall–Kier alpha value is -6.91.